The van der Waals surface area contributed by atoms with Crippen molar-refractivity contribution in [2.45, 2.75) is 6.61 Å². The second-order valence-corrected chi connectivity index (χ2v) is 4.66. The predicted octanol–water partition coefficient (Wildman–Crippen LogP) is 2.47. The first-order chi connectivity index (χ1) is 11.1. The molecule has 6 nitrogen and oxygen atoms in total. The quantitative estimate of drug-likeness (QED) is 0.380. The molecule has 23 heavy (non-hydrogen) atoms. The Morgan fingerprint density at radius 1 is 1.17 bits per heavy atom. The molecule has 2 aromatic carbocycles. The van der Waals surface area contributed by atoms with Crippen LogP contribution < -0.4 is 16.2 Å². The Labute approximate surface area is 133 Å². The second-order valence-electron chi connectivity index (χ2n) is 4.66. The molecular formula is C17H15N3O3. The molecule has 0 saturated carbocycles. The van der Waals surface area contributed by atoms with Crippen LogP contribution in [0.3, 0.4) is 0 Å². The molecule has 2 rings (SSSR count). The van der Waals surface area contributed by atoms with Gasteiger partial charge in [-0.25, -0.2) is 4.79 Å². The lowest BCUT2D eigenvalue weighted by atomic mass is 10.2. The van der Waals surface area contributed by atoms with Gasteiger partial charge < -0.3 is 20.9 Å². The molecule has 2 aromatic rings. The highest BCUT2D eigenvalue weighted by Crippen LogP contribution is 2.17. The number of esters is 1. The Morgan fingerprint density at radius 3 is 2.61 bits per heavy atom. The SMILES string of the molecule is N#COc1ccc(/C=C/C(=O)OCc2cc(N)ccc2N)cc1. The van der Waals surface area contributed by atoms with E-state index in [4.69, 9.17) is 21.5 Å². The number of hydrogen-bond donors (Lipinski definition) is 2. The average Bonchev–Trinajstić information content (AvgIpc) is 2.55. The van der Waals surface area contributed by atoms with Gasteiger partial charge in [0, 0.05) is 23.0 Å². The average molecular weight is 309 g/mol. The fourth-order valence-electron chi connectivity index (χ4n) is 1.81. The minimum absolute atomic E-state index is 0.0506. The minimum Gasteiger partial charge on any atom is -0.458 e. The van der Waals surface area contributed by atoms with Crippen LogP contribution in [0.2, 0.25) is 0 Å². The minimum atomic E-state index is -0.496. The summed E-state index contributed by atoms with van der Waals surface area (Å²) in [6, 6.07) is 11.7. The molecule has 0 heterocycles. The van der Waals surface area contributed by atoms with E-state index < -0.39 is 5.97 Å². The van der Waals surface area contributed by atoms with Gasteiger partial charge in [-0.2, -0.15) is 0 Å². The fourth-order valence-corrected chi connectivity index (χ4v) is 1.81. The topological polar surface area (TPSA) is 111 Å². The van der Waals surface area contributed by atoms with Crippen molar-refractivity contribution in [3.8, 4) is 12.0 Å². The summed E-state index contributed by atoms with van der Waals surface area (Å²) < 4.78 is 9.78. The zero-order valence-corrected chi connectivity index (χ0v) is 12.2. The summed E-state index contributed by atoms with van der Waals surface area (Å²) in [7, 11) is 0. The lowest BCUT2D eigenvalue weighted by Crippen LogP contribution is -2.04. The number of anilines is 2. The van der Waals surface area contributed by atoms with E-state index in [0.29, 0.717) is 22.7 Å². The van der Waals surface area contributed by atoms with Gasteiger partial charge in [-0.1, -0.05) is 12.1 Å². The summed E-state index contributed by atoms with van der Waals surface area (Å²) in [4.78, 5) is 11.7. The van der Waals surface area contributed by atoms with Gasteiger partial charge >= 0.3 is 5.97 Å². The Bertz CT molecular complexity index is 762. The number of nitrogens with zero attached hydrogens (tertiary/aromatic N) is 1. The third-order valence-electron chi connectivity index (χ3n) is 2.99. The Kier molecular flexibility index (Phi) is 5.21. The Morgan fingerprint density at radius 2 is 1.91 bits per heavy atom. The molecule has 0 fully saturated rings. The van der Waals surface area contributed by atoms with E-state index in [1.807, 2.05) is 0 Å². The van der Waals surface area contributed by atoms with Crippen molar-refractivity contribution in [2.24, 2.45) is 0 Å². The molecule has 4 N–H and O–H groups in total. The first-order valence-corrected chi connectivity index (χ1v) is 6.73. The van der Waals surface area contributed by atoms with Crippen LogP contribution in [0.25, 0.3) is 6.08 Å². The van der Waals surface area contributed by atoms with Crippen LogP contribution >= 0.6 is 0 Å². The maximum atomic E-state index is 11.7. The molecule has 6 heteroatoms. The van der Waals surface area contributed by atoms with Gasteiger partial charge in [-0.15, -0.1) is 5.26 Å². The normalized spacial score (nSPS) is 10.2. The molecule has 0 radical (unpaired) electrons. The number of rotatable bonds is 5. The van der Waals surface area contributed by atoms with Crippen molar-refractivity contribution in [1.29, 1.82) is 5.26 Å². The largest absolute Gasteiger partial charge is 0.458 e. The van der Waals surface area contributed by atoms with Crippen LogP contribution in [0, 0.1) is 11.5 Å². The summed E-state index contributed by atoms with van der Waals surface area (Å²) in [5.41, 5.74) is 13.9. The molecule has 0 unspecified atom stereocenters. The van der Waals surface area contributed by atoms with Crippen molar-refractivity contribution in [3.63, 3.8) is 0 Å². The van der Waals surface area contributed by atoms with Gasteiger partial charge in [0.15, 0.2) is 0 Å². The third kappa shape index (κ3) is 4.79. The highest BCUT2D eigenvalue weighted by molar-refractivity contribution is 5.87. The highest BCUT2D eigenvalue weighted by atomic mass is 16.5. The summed E-state index contributed by atoms with van der Waals surface area (Å²) in [5.74, 6) is -0.0615. The van der Waals surface area contributed by atoms with Crippen molar-refractivity contribution in [1.82, 2.24) is 0 Å². The van der Waals surface area contributed by atoms with Gasteiger partial charge in [0.25, 0.3) is 6.26 Å². The smallest absolute Gasteiger partial charge is 0.331 e. The standard InChI is InChI=1S/C17H15N3O3/c18-11-23-15-5-1-12(2-6-15)3-8-17(21)22-10-13-9-14(19)4-7-16(13)20/h1-9H,10,19-20H2/b8-3+. The molecular weight excluding hydrogens is 294 g/mol. The molecule has 0 bridgehead atoms. The summed E-state index contributed by atoms with van der Waals surface area (Å²) in [5, 5.41) is 8.39. The fraction of sp³-hybridized carbons (Fsp3) is 0.0588. The third-order valence-corrected chi connectivity index (χ3v) is 2.99. The predicted molar refractivity (Wildman–Crippen MR) is 86.8 cm³/mol. The van der Waals surface area contributed by atoms with E-state index in [9.17, 15) is 4.79 Å². The number of nitrogen functional groups attached to an aromatic ring is 2. The maximum Gasteiger partial charge on any atom is 0.331 e. The van der Waals surface area contributed by atoms with Crippen molar-refractivity contribution in [3.05, 3.63) is 59.7 Å². The van der Waals surface area contributed by atoms with Gasteiger partial charge in [0.1, 0.15) is 12.4 Å². The van der Waals surface area contributed by atoms with E-state index in [0.717, 1.165) is 5.56 Å². The number of carbonyl (C=O) groups excluding carboxylic acids is 1. The van der Waals surface area contributed by atoms with Crippen LogP contribution in [-0.2, 0) is 16.1 Å². The van der Waals surface area contributed by atoms with Gasteiger partial charge in [-0.3, -0.25) is 0 Å². The molecule has 0 atom stereocenters. The molecule has 116 valence electrons. The van der Waals surface area contributed by atoms with Crippen LogP contribution in [0.5, 0.6) is 5.75 Å². The van der Waals surface area contributed by atoms with Crippen LogP contribution in [-0.4, -0.2) is 5.97 Å². The molecule has 0 amide bonds. The summed E-state index contributed by atoms with van der Waals surface area (Å²) in [6.07, 6.45) is 4.49. The molecule has 0 saturated heterocycles. The van der Waals surface area contributed by atoms with Crippen LogP contribution in [0.15, 0.2) is 48.5 Å². The maximum absolute atomic E-state index is 11.7. The number of benzene rings is 2. The molecule has 0 aliphatic carbocycles. The number of nitriles is 1. The van der Waals surface area contributed by atoms with E-state index in [2.05, 4.69) is 4.74 Å². The monoisotopic (exact) mass is 309 g/mol. The number of carbonyl (C=O) groups is 1. The zero-order valence-electron chi connectivity index (χ0n) is 12.2. The van der Waals surface area contributed by atoms with E-state index in [1.165, 1.54) is 6.08 Å². The van der Waals surface area contributed by atoms with Crippen molar-refractivity contribution in [2.75, 3.05) is 11.5 Å². The molecule has 0 spiro atoms. The number of nitrogens with two attached hydrogens (primary N) is 2. The second kappa shape index (κ2) is 7.52. The van der Waals surface area contributed by atoms with Crippen molar-refractivity contribution < 1.29 is 14.3 Å². The van der Waals surface area contributed by atoms with Gasteiger partial charge in [0.05, 0.1) is 0 Å². The summed E-state index contributed by atoms with van der Waals surface area (Å²) in [6.45, 7) is 0.0506. The molecule has 0 aromatic heterocycles. The number of ether oxygens (including phenoxy) is 2. The molecule has 0 aliphatic heterocycles. The zero-order chi connectivity index (χ0) is 16.7. The van der Waals surface area contributed by atoms with E-state index >= 15 is 0 Å². The first kappa shape index (κ1) is 15.9. The van der Waals surface area contributed by atoms with Crippen LogP contribution in [0.1, 0.15) is 11.1 Å². The van der Waals surface area contributed by atoms with Gasteiger partial charge in [-0.05, 0) is 42.0 Å². The Balaban J connectivity index is 1.91. The summed E-state index contributed by atoms with van der Waals surface area (Å²) >= 11 is 0. The lowest BCUT2D eigenvalue weighted by Gasteiger charge is -2.06. The van der Waals surface area contributed by atoms with Crippen LogP contribution in [0.4, 0.5) is 11.4 Å². The lowest BCUT2D eigenvalue weighted by molar-refractivity contribution is -0.138. The number of hydrogen-bond acceptors (Lipinski definition) is 6. The first-order valence-electron chi connectivity index (χ1n) is 6.73. The van der Waals surface area contributed by atoms with Crippen molar-refractivity contribution >= 4 is 23.4 Å². The highest BCUT2D eigenvalue weighted by Gasteiger charge is 2.03. The van der Waals surface area contributed by atoms with E-state index in [1.54, 1.807) is 54.8 Å². The van der Waals surface area contributed by atoms with E-state index in [-0.39, 0.29) is 6.61 Å². The Hall–Kier alpha value is -3.46. The van der Waals surface area contributed by atoms with Gasteiger partial charge in [0.2, 0.25) is 0 Å². The molecule has 0 aliphatic rings.